The highest BCUT2D eigenvalue weighted by Gasteiger charge is 2.09. The average molecular weight is 279 g/mol. The van der Waals surface area contributed by atoms with Crippen LogP contribution < -0.4 is 16.0 Å². The summed E-state index contributed by atoms with van der Waals surface area (Å²) in [6.45, 7) is 0. The Kier molecular flexibility index (Phi) is 3.66. The number of anilines is 3. The van der Waals surface area contributed by atoms with Gasteiger partial charge in [-0.05, 0) is 24.3 Å². The van der Waals surface area contributed by atoms with E-state index in [9.17, 15) is 4.79 Å². The third-order valence-electron chi connectivity index (χ3n) is 2.64. The van der Waals surface area contributed by atoms with Gasteiger partial charge in [-0.15, -0.1) is 0 Å². The largest absolute Gasteiger partial charge is 0.397 e. The maximum Gasteiger partial charge on any atom is 0.272 e. The molecular formula is C13H15ClN4O. The number of aromatic amines is 1. The standard InChI is InChI=1S/C13H15ClN4O/c1-18(2)12-4-3-9(6-10(12)14)17-13(19)11-5-8(15)7-16-11/h3-7,16H,15H2,1-2H3,(H,17,19). The van der Waals surface area contributed by atoms with Gasteiger partial charge in [-0.2, -0.15) is 0 Å². The van der Waals surface area contributed by atoms with Gasteiger partial charge in [0.05, 0.1) is 10.7 Å². The summed E-state index contributed by atoms with van der Waals surface area (Å²) in [4.78, 5) is 16.6. The van der Waals surface area contributed by atoms with E-state index in [2.05, 4.69) is 10.3 Å². The Labute approximate surface area is 116 Å². The lowest BCUT2D eigenvalue weighted by atomic mass is 10.2. The van der Waals surface area contributed by atoms with Crippen molar-refractivity contribution in [3.05, 3.63) is 41.2 Å². The zero-order valence-electron chi connectivity index (χ0n) is 10.7. The SMILES string of the molecule is CN(C)c1ccc(NC(=O)c2cc(N)c[nH]2)cc1Cl. The summed E-state index contributed by atoms with van der Waals surface area (Å²) in [7, 11) is 3.81. The number of nitrogen functional groups attached to an aromatic ring is 1. The van der Waals surface area contributed by atoms with E-state index in [1.54, 1.807) is 24.4 Å². The van der Waals surface area contributed by atoms with Gasteiger partial charge in [0.25, 0.3) is 5.91 Å². The van der Waals surface area contributed by atoms with E-state index >= 15 is 0 Å². The van der Waals surface area contributed by atoms with Crippen molar-refractivity contribution < 1.29 is 4.79 Å². The highest BCUT2D eigenvalue weighted by atomic mass is 35.5. The summed E-state index contributed by atoms with van der Waals surface area (Å²) in [6, 6.07) is 6.93. The molecule has 0 aliphatic carbocycles. The molecule has 0 atom stereocenters. The summed E-state index contributed by atoms with van der Waals surface area (Å²) in [5.74, 6) is -0.259. The molecule has 0 radical (unpaired) electrons. The summed E-state index contributed by atoms with van der Waals surface area (Å²) in [6.07, 6.45) is 1.57. The molecule has 1 aromatic carbocycles. The van der Waals surface area contributed by atoms with Crippen LogP contribution >= 0.6 is 11.6 Å². The van der Waals surface area contributed by atoms with Crippen molar-refractivity contribution in [2.24, 2.45) is 0 Å². The molecule has 0 fully saturated rings. The van der Waals surface area contributed by atoms with Crippen LogP contribution in [0.5, 0.6) is 0 Å². The van der Waals surface area contributed by atoms with Gasteiger partial charge in [0, 0.05) is 31.7 Å². The number of benzene rings is 1. The number of rotatable bonds is 3. The van der Waals surface area contributed by atoms with Crippen LogP contribution in [0.1, 0.15) is 10.5 Å². The van der Waals surface area contributed by atoms with E-state index in [0.717, 1.165) is 5.69 Å². The first-order valence-electron chi connectivity index (χ1n) is 5.69. The maximum absolute atomic E-state index is 11.9. The molecule has 100 valence electrons. The van der Waals surface area contributed by atoms with E-state index in [4.69, 9.17) is 17.3 Å². The quantitative estimate of drug-likeness (QED) is 0.808. The van der Waals surface area contributed by atoms with Gasteiger partial charge in [-0.1, -0.05) is 11.6 Å². The van der Waals surface area contributed by atoms with E-state index in [1.165, 1.54) is 0 Å². The lowest BCUT2D eigenvalue weighted by molar-refractivity contribution is 0.102. The van der Waals surface area contributed by atoms with Crippen molar-refractivity contribution in [3.63, 3.8) is 0 Å². The van der Waals surface area contributed by atoms with Crippen LogP contribution in [0.3, 0.4) is 0 Å². The smallest absolute Gasteiger partial charge is 0.272 e. The minimum Gasteiger partial charge on any atom is -0.397 e. The summed E-state index contributed by atoms with van der Waals surface area (Å²) in [5, 5.41) is 3.33. The highest BCUT2D eigenvalue weighted by Crippen LogP contribution is 2.27. The van der Waals surface area contributed by atoms with Gasteiger partial charge in [0.1, 0.15) is 5.69 Å². The van der Waals surface area contributed by atoms with Crippen LogP contribution in [-0.4, -0.2) is 25.0 Å². The number of nitrogens with two attached hydrogens (primary N) is 1. The molecule has 0 aliphatic rings. The van der Waals surface area contributed by atoms with Crippen molar-refractivity contribution in [3.8, 4) is 0 Å². The molecule has 2 aromatic rings. The summed E-state index contributed by atoms with van der Waals surface area (Å²) < 4.78 is 0. The highest BCUT2D eigenvalue weighted by molar-refractivity contribution is 6.33. The molecule has 2 rings (SSSR count). The van der Waals surface area contributed by atoms with E-state index in [0.29, 0.717) is 22.1 Å². The molecule has 1 heterocycles. The van der Waals surface area contributed by atoms with Crippen LogP contribution in [0.2, 0.25) is 5.02 Å². The maximum atomic E-state index is 11.9. The molecule has 4 N–H and O–H groups in total. The topological polar surface area (TPSA) is 74.2 Å². The number of amides is 1. The second kappa shape index (κ2) is 5.24. The van der Waals surface area contributed by atoms with E-state index in [1.807, 2.05) is 25.1 Å². The molecule has 0 spiro atoms. The van der Waals surface area contributed by atoms with Crippen LogP contribution in [0.4, 0.5) is 17.1 Å². The molecule has 0 aliphatic heterocycles. The Morgan fingerprint density at radius 2 is 2.11 bits per heavy atom. The predicted octanol–water partition coefficient (Wildman–Crippen LogP) is 2.57. The number of nitrogens with zero attached hydrogens (tertiary/aromatic N) is 1. The summed E-state index contributed by atoms with van der Waals surface area (Å²) >= 11 is 6.14. The van der Waals surface area contributed by atoms with Gasteiger partial charge in [-0.25, -0.2) is 0 Å². The van der Waals surface area contributed by atoms with Crippen LogP contribution in [0.25, 0.3) is 0 Å². The predicted molar refractivity (Wildman–Crippen MR) is 78.9 cm³/mol. The number of carbonyl (C=O) groups is 1. The number of nitrogens with one attached hydrogen (secondary N) is 2. The molecule has 0 bridgehead atoms. The second-order valence-electron chi connectivity index (χ2n) is 4.36. The Hall–Kier alpha value is -2.14. The van der Waals surface area contributed by atoms with Crippen molar-refractivity contribution >= 4 is 34.6 Å². The third kappa shape index (κ3) is 3.00. The molecule has 5 nitrogen and oxygen atoms in total. The molecule has 1 aromatic heterocycles. The zero-order valence-corrected chi connectivity index (χ0v) is 11.5. The monoisotopic (exact) mass is 278 g/mol. The lowest BCUT2D eigenvalue weighted by Crippen LogP contribution is -2.13. The molecule has 1 amide bonds. The van der Waals surface area contributed by atoms with Crippen molar-refractivity contribution in [1.82, 2.24) is 4.98 Å². The van der Waals surface area contributed by atoms with Gasteiger partial charge in [0.2, 0.25) is 0 Å². The first kappa shape index (κ1) is 13.3. The normalized spacial score (nSPS) is 10.3. The number of hydrogen-bond donors (Lipinski definition) is 3. The van der Waals surface area contributed by atoms with Crippen molar-refractivity contribution in [1.29, 1.82) is 0 Å². The number of carbonyl (C=O) groups excluding carboxylic acids is 1. The number of hydrogen-bond acceptors (Lipinski definition) is 3. The van der Waals surface area contributed by atoms with Gasteiger partial charge >= 0.3 is 0 Å². The van der Waals surface area contributed by atoms with Gasteiger partial charge in [-0.3, -0.25) is 4.79 Å². The Morgan fingerprint density at radius 3 is 2.63 bits per heavy atom. The first-order valence-corrected chi connectivity index (χ1v) is 6.07. The molecule has 19 heavy (non-hydrogen) atoms. The fourth-order valence-corrected chi connectivity index (χ4v) is 2.04. The lowest BCUT2D eigenvalue weighted by Gasteiger charge is -2.15. The van der Waals surface area contributed by atoms with Gasteiger partial charge < -0.3 is 20.9 Å². The number of aromatic nitrogens is 1. The van der Waals surface area contributed by atoms with Crippen molar-refractivity contribution in [2.45, 2.75) is 0 Å². The Balaban J connectivity index is 2.16. The Bertz CT molecular complexity index is 606. The molecular weight excluding hydrogens is 264 g/mol. The van der Waals surface area contributed by atoms with Crippen molar-refractivity contribution in [2.75, 3.05) is 30.0 Å². The molecule has 6 heteroatoms. The second-order valence-corrected chi connectivity index (χ2v) is 4.77. The Morgan fingerprint density at radius 1 is 1.37 bits per heavy atom. The fourth-order valence-electron chi connectivity index (χ4n) is 1.69. The molecule has 0 saturated heterocycles. The van der Waals surface area contributed by atoms with E-state index in [-0.39, 0.29) is 5.91 Å². The third-order valence-corrected chi connectivity index (χ3v) is 2.94. The summed E-state index contributed by atoms with van der Waals surface area (Å²) in [5.41, 5.74) is 8.00. The fraction of sp³-hybridized carbons (Fsp3) is 0.154. The van der Waals surface area contributed by atoms with Crippen LogP contribution in [0.15, 0.2) is 30.5 Å². The minimum atomic E-state index is -0.259. The number of halogens is 1. The molecule has 0 unspecified atom stereocenters. The van der Waals surface area contributed by atoms with Crippen LogP contribution in [0, 0.1) is 0 Å². The average Bonchev–Trinajstić information content (AvgIpc) is 2.75. The van der Waals surface area contributed by atoms with Gasteiger partial charge in [0.15, 0.2) is 0 Å². The van der Waals surface area contributed by atoms with E-state index < -0.39 is 0 Å². The molecule has 0 saturated carbocycles. The van der Waals surface area contributed by atoms with Crippen LogP contribution in [-0.2, 0) is 0 Å². The zero-order chi connectivity index (χ0) is 14.0. The first-order chi connectivity index (χ1) is 8.97. The number of H-pyrrole nitrogens is 1. The minimum absolute atomic E-state index is 0.259.